The molecule has 3 heterocycles. The average Bonchev–Trinajstić information content (AvgIpc) is 2.75. The fraction of sp³-hybridized carbons (Fsp3) is 0.476. The van der Waals surface area contributed by atoms with Crippen molar-refractivity contribution in [1.82, 2.24) is 24.7 Å². The average molecular weight is 396 g/mol. The molecule has 1 amide bonds. The molecule has 4 rings (SSSR count). The van der Waals surface area contributed by atoms with Gasteiger partial charge in [0.05, 0.1) is 0 Å². The highest BCUT2D eigenvalue weighted by molar-refractivity contribution is 5.92. The van der Waals surface area contributed by atoms with Crippen molar-refractivity contribution in [3.05, 3.63) is 42.2 Å². The van der Waals surface area contributed by atoms with Gasteiger partial charge in [0, 0.05) is 69.9 Å². The first-order chi connectivity index (χ1) is 14.1. The minimum Gasteiger partial charge on any atom is -0.369 e. The molecular weight excluding hydrogens is 366 g/mol. The molecule has 8 nitrogen and oxygen atoms in total. The molecule has 154 valence electrons. The smallest absolute Gasteiger partial charge is 0.272 e. The molecule has 2 saturated heterocycles. The van der Waals surface area contributed by atoms with E-state index in [4.69, 9.17) is 0 Å². The van der Waals surface area contributed by atoms with E-state index in [1.165, 1.54) is 5.69 Å². The topological polar surface area (TPSA) is 67.8 Å². The van der Waals surface area contributed by atoms with Crippen molar-refractivity contribution < 1.29 is 4.79 Å². The van der Waals surface area contributed by atoms with Gasteiger partial charge in [-0.2, -0.15) is 0 Å². The number of nitrogens with one attached hydrogen (secondary N) is 1. The van der Waals surface area contributed by atoms with Crippen molar-refractivity contribution in [2.75, 3.05) is 76.7 Å². The number of hydrogen-bond donors (Lipinski definition) is 1. The second kappa shape index (κ2) is 8.75. The first-order valence-electron chi connectivity index (χ1n) is 10.2. The van der Waals surface area contributed by atoms with E-state index in [2.05, 4.69) is 56.2 Å². The van der Waals surface area contributed by atoms with Gasteiger partial charge < -0.3 is 24.9 Å². The highest BCUT2D eigenvalue weighted by Crippen LogP contribution is 2.21. The number of amides is 1. The Balaban J connectivity index is 1.39. The minimum atomic E-state index is -0.0334. The Morgan fingerprint density at radius 3 is 2.14 bits per heavy atom. The summed E-state index contributed by atoms with van der Waals surface area (Å²) in [6.45, 7) is 7.50. The van der Waals surface area contributed by atoms with E-state index in [-0.39, 0.29) is 5.91 Å². The largest absolute Gasteiger partial charge is 0.369 e. The van der Waals surface area contributed by atoms with E-state index in [0.29, 0.717) is 11.6 Å². The molecule has 0 atom stereocenters. The highest BCUT2D eigenvalue weighted by Gasteiger charge is 2.21. The highest BCUT2D eigenvalue weighted by atomic mass is 16.2. The van der Waals surface area contributed by atoms with Crippen LogP contribution in [0.3, 0.4) is 0 Å². The number of hydrogen-bond acceptors (Lipinski definition) is 7. The maximum atomic E-state index is 12.7. The Morgan fingerprint density at radius 2 is 1.48 bits per heavy atom. The Morgan fingerprint density at radius 1 is 0.862 bits per heavy atom. The molecule has 8 heteroatoms. The van der Waals surface area contributed by atoms with Gasteiger partial charge in [-0.05, 0) is 44.4 Å². The molecule has 2 fully saturated rings. The van der Waals surface area contributed by atoms with Crippen LogP contribution in [0.5, 0.6) is 0 Å². The summed E-state index contributed by atoms with van der Waals surface area (Å²) in [4.78, 5) is 30.3. The van der Waals surface area contributed by atoms with Gasteiger partial charge in [0.1, 0.15) is 5.69 Å². The van der Waals surface area contributed by atoms with Crippen LogP contribution in [0.25, 0.3) is 0 Å². The summed E-state index contributed by atoms with van der Waals surface area (Å²) in [7, 11) is 4.23. The Hall–Kier alpha value is -2.71. The summed E-state index contributed by atoms with van der Waals surface area (Å²) in [5.41, 5.74) is 2.57. The molecule has 1 aromatic heterocycles. The van der Waals surface area contributed by atoms with Crippen molar-refractivity contribution >= 4 is 23.2 Å². The predicted molar refractivity (Wildman–Crippen MR) is 115 cm³/mol. The van der Waals surface area contributed by atoms with Gasteiger partial charge in [-0.1, -0.05) is 0 Å². The minimum absolute atomic E-state index is 0.0334. The summed E-state index contributed by atoms with van der Waals surface area (Å²) in [6, 6.07) is 9.99. The summed E-state index contributed by atoms with van der Waals surface area (Å²) in [6.07, 6.45) is 1.64. The summed E-state index contributed by atoms with van der Waals surface area (Å²) in [5.74, 6) is 0.409. The standard InChI is InChI=1S/C21H29N7O/c1-25-9-13-27(14-10-25)18-5-3-17(4-6-18)23-21-22-8-7-19(24-21)20(29)28-15-11-26(2)12-16-28/h3-8H,9-16H2,1-2H3,(H,22,23,24). The molecule has 0 bridgehead atoms. The quantitative estimate of drug-likeness (QED) is 0.838. The Labute approximate surface area is 172 Å². The second-order valence-electron chi connectivity index (χ2n) is 7.82. The van der Waals surface area contributed by atoms with Crippen molar-refractivity contribution in [1.29, 1.82) is 0 Å². The number of carbonyl (C=O) groups excluding carboxylic acids is 1. The number of nitrogens with zero attached hydrogens (tertiary/aromatic N) is 6. The summed E-state index contributed by atoms with van der Waals surface area (Å²) in [5, 5.41) is 3.22. The molecule has 1 N–H and O–H groups in total. The predicted octanol–water partition coefficient (Wildman–Crippen LogP) is 1.36. The maximum Gasteiger partial charge on any atom is 0.272 e. The number of anilines is 3. The molecule has 0 saturated carbocycles. The zero-order valence-corrected chi connectivity index (χ0v) is 17.2. The van der Waals surface area contributed by atoms with Crippen molar-refractivity contribution in [3.63, 3.8) is 0 Å². The molecule has 2 aromatic rings. The van der Waals surface area contributed by atoms with Gasteiger partial charge in [-0.15, -0.1) is 0 Å². The summed E-state index contributed by atoms with van der Waals surface area (Å²) < 4.78 is 0. The lowest BCUT2D eigenvalue weighted by atomic mass is 10.2. The van der Waals surface area contributed by atoms with Crippen LogP contribution in [-0.2, 0) is 0 Å². The molecular formula is C21H29N7O. The Kier molecular flexibility index (Phi) is 5.92. The van der Waals surface area contributed by atoms with E-state index in [1.807, 2.05) is 17.0 Å². The first kappa shape index (κ1) is 19.6. The molecule has 0 unspecified atom stereocenters. The van der Waals surface area contributed by atoms with E-state index in [1.54, 1.807) is 12.3 Å². The lowest BCUT2D eigenvalue weighted by Crippen LogP contribution is -2.47. The molecule has 2 aliphatic rings. The van der Waals surface area contributed by atoms with Crippen LogP contribution >= 0.6 is 0 Å². The number of rotatable bonds is 4. The number of carbonyl (C=O) groups is 1. The fourth-order valence-electron chi connectivity index (χ4n) is 3.66. The van der Waals surface area contributed by atoms with Crippen LogP contribution in [0.4, 0.5) is 17.3 Å². The molecule has 0 aliphatic carbocycles. The van der Waals surface area contributed by atoms with E-state index in [9.17, 15) is 4.79 Å². The molecule has 0 spiro atoms. The van der Waals surface area contributed by atoms with Gasteiger partial charge in [0.15, 0.2) is 0 Å². The zero-order valence-electron chi connectivity index (χ0n) is 17.2. The maximum absolute atomic E-state index is 12.7. The number of aromatic nitrogens is 2. The van der Waals surface area contributed by atoms with E-state index >= 15 is 0 Å². The van der Waals surface area contributed by atoms with Gasteiger partial charge in [0.25, 0.3) is 5.91 Å². The first-order valence-corrected chi connectivity index (χ1v) is 10.2. The Bertz CT molecular complexity index is 825. The van der Waals surface area contributed by atoms with Crippen LogP contribution in [0.2, 0.25) is 0 Å². The third-order valence-corrected chi connectivity index (χ3v) is 5.66. The van der Waals surface area contributed by atoms with Gasteiger partial charge in [-0.3, -0.25) is 4.79 Å². The van der Waals surface area contributed by atoms with E-state index < -0.39 is 0 Å². The van der Waals surface area contributed by atoms with Crippen LogP contribution in [0.1, 0.15) is 10.5 Å². The van der Waals surface area contributed by atoms with Crippen LogP contribution in [-0.4, -0.2) is 97.0 Å². The van der Waals surface area contributed by atoms with Gasteiger partial charge in [-0.25, -0.2) is 9.97 Å². The monoisotopic (exact) mass is 395 g/mol. The van der Waals surface area contributed by atoms with Crippen LogP contribution < -0.4 is 10.2 Å². The lowest BCUT2D eigenvalue weighted by Gasteiger charge is -2.34. The number of benzene rings is 1. The summed E-state index contributed by atoms with van der Waals surface area (Å²) >= 11 is 0. The normalized spacial score (nSPS) is 18.7. The SMILES string of the molecule is CN1CCN(C(=O)c2ccnc(Nc3ccc(N4CCN(C)CC4)cc3)n2)CC1. The molecule has 1 aromatic carbocycles. The third-order valence-electron chi connectivity index (χ3n) is 5.66. The molecule has 0 radical (unpaired) electrons. The number of piperazine rings is 2. The fourth-order valence-corrected chi connectivity index (χ4v) is 3.66. The van der Waals surface area contributed by atoms with Crippen LogP contribution in [0, 0.1) is 0 Å². The zero-order chi connectivity index (χ0) is 20.2. The van der Waals surface area contributed by atoms with Crippen molar-refractivity contribution in [3.8, 4) is 0 Å². The molecule has 29 heavy (non-hydrogen) atoms. The third kappa shape index (κ3) is 4.83. The number of likely N-dealkylation sites (N-methyl/N-ethyl adjacent to an activating group) is 2. The second-order valence-corrected chi connectivity index (χ2v) is 7.82. The van der Waals surface area contributed by atoms with Gasteiger partial charge >= 0.3 is 0 Å². The van der Waals surface area contributed by atoms with Crippen LogP contribution in [0.15, 0.2) is 36.5 Å². The van der Waals surface area contributed by atoms with Crippen molar-refractivity contribution in [2.45, 2.75) is 0 Å². The van der Waals surface area contributed by atoms with Crippen molar-refractivity contribution in [2.24, 2.45) is 0 Å². The van der Waals surface area contributed by atoms with Gasteiger partial charge in [0.2, 0.25) is 5.95 Å². The molecule has 2 aliphatic heterocycles. The van der Waals surface area contributed by atoms with E-state index in [0.717, 1.165) is 58.0 Å². The lowest BCUT2D eigenvalue weighted by molar-refractivity contribution is 0.0658.